The average Bonchev–Trinajstić information content (AvgIpc) is 2.99. The summed E-state index contributed by atoms with van der Waals surface area (Å²) in [6, 6.07) is 0.938. The summed E-state index contributed by atoms with van der Waals surface area (Å²) < 4.78 is 5.64. The number of fused-ring (bicyclic) bond motifs is 3. The van der Waals surface area contributed by atoms with Crippen LogP contribution in [0.3, 0.4) is 0 Å². The number of hydrogen-bond donors (Lipinski definition) is 3. The van der Waals surface area contributed by atoms with Gasteiger partial charge in [-0.2, -0.15) is 0 Å². The van der Waals surface area contributed by atoms with Crippen LogP contribution in [0.5, 0.6) is 0 Å². The molecule has 0 saturated heterocycles. The lowest BCUT2D eigenvalue weighted by Gasteiger charge is -2.64. The van der Waals surface area contributed by atoms with Crippen LogP contribution in [-0.4, -0.2) is 35.8 Å². The topological polar surface area (TPSA) is 76.4 Å². The molecule has 9 atom stereocenters. The summed E-state index contributed by atoms with van der Waals surface area (Å²) in [5, 5.41) is 8.22. The van der Waals surface area contributed by atoms with E-state index in [4.69, 9.17) is 22.7 Å². The van der Waals surface area contributed by atoms with Gasteiger partial charge in [0.1, 0.15) is 0 Å². The van der Waals surface area contributed by atoms with E-state index in [-0.39, 0.29) is 22.8 Å². The Hall–Kier alpha value is -0.880. The molecule has 5 fully saturated rings. The largest absolute Gasteiger partial charge is 0.466 e. The fraction of sp³-hybridized carbons (Fsp3) is 0.931. The van der Waals surface area contributed by atoms with Crippen LogP contribution < -0.4 is 16.4 Å². The van der Waals surface area contributed by atoms with Crippen molar-refractivity contribution >= 4 is 23.3 Å². The van der Waals surface area contributed by atoms with Crippen LogP contribution in [0.4, 0.5) is 0 Å². The van der Waals surface area contributed by atoms with Gasteiger partial charge in [0.25, 0.3) is 0 Å². The van der Waals surface area contributed by atoms with Crippen molar-refractivity contribution in [2.24, 2.45) is 39.2 Å². The number of rotatable bonds is 4. The first kappa shape index (κ1) is 25.8. The standard InChI is InChI=1S/C29H49N3O2S/c1-5-34-24(33)28(4)14-8-13-27(3)21(28)12-16-29-17-23(26(2,18-29)15-11-22(27)29)32-25(35)31-20-10-7-6-9-19(20)30/h19-23H,5-18,30H2,1-4H3,(H2,31,32,35)/t19?,20?,21?,22?,23-,26+,27-,28?,29+/m1/s1. The molecule has 5 nitrogen and oxygen atoms in total. The van der Waals surface area contributed by atoms with E-state index in [1.54, 1.807) is 0 Å². The van der Waals surface area contributed by atoms with Gasteiger partial charge in [-0.3, -0.25) is 4.79 Å². The number of esters is 1. The molecule has 198 valence electrons. The van der Waals surface area contributed by atoms with Crippen LogP contribution in [0, 0.1) is 33.5 Å². The summed E-state index contributed by atoms with van der Waals surface area (Å²) in [5.41, 5.74) is 6.95. The number of ether oxygens (including phenoxy) is 1. The molecule has 0 aromatic carbocycles. The Bertz CT molecular complexity index is 852. The predicted molar refractivity (Wildman–Crippen MR) is 145 cm³/mol. The maximum absolute atomic E-state index is 13.2. The van der Waals surface area contributed by atoms with Gasteiger partial charge in [-0.25, -0.2) is 0 Å². The second-order valence-corrected chi connectivity index (χ2v) is 14.2. The lowest BCUT2D eigenvalue weighted by molar-refractivity contribution is -0.187. The van der Waals surface area contributed by atoms with E-state index >= 15 is 0 Å². The summed E-state index contributed by atoms with van der Waals surface area (Å²) in [6.45, 7) is 9.68. The first-order valence-corrected chi connectivity index (χ1v) is 15.0. The molecule has 5 saturated carbocycles. The van der Waals surface area contributed by atoms with E-state index < -0.39 is 0 Å². The fourth-order valence-electron chi connectivity index (χ4n) is 10.2. The van der Waals surface area contributed by atoms with Gasteiger partial charge in [-0.15, -0.1) is 0 Å². The number of carbonyl (C=O) groups is 1. The molecule has 5 unspecified atom stereocenters. The average molecular weight is 504 g/mol. The van der Waals surface area contributed by atoms with Crippen molar-refractivity contribution < 1.29 is 9.53 Å². The van der Waals surface area contributed by atoms with Crippen molar-refractivity contribution in [2.45, 2.75) is 129 Å². The zero-order chi connectivity index (χ0) is 25.1. The lowest BCUT2D eigenvalue weighted by atomic mass is 9.40. The molecule has 35 heavy (non-hydrogen) atoms. The van der Waals surface area contributed by atoms with Crippen molar-refractivity contribution in [3.8, 4) is 0 Å². The van der Waals surface area contributed by atoms with Crippen molar-refractivity contribution in [2.75, 3.05) is 6.61 Å². The third-order valence-electron chi connectivity index (χ3n) is 11.8. The zero-order valence-electron chi connectivity index (χ0n) is 22.6. The number of nitrogens with two attached hydrogens (primary N) is 1. The molecular weight excluding hydrogens is 454 g/mol. The van der Waals surface area contributed by atoms with Crippen LogP contribution in [-0.2, 0) is 9.53 Å². The van der Waals surface area contributed by atoms with Gasteiger partial charge in [0.15, 0.2) is 5.11 Å². The van der Waals surface area contributed by atoms with E-state index in [0.29, 0.717) is 41.4 Å². The lowest BCUT2D eigenvalue weighted by Crippen LogP contribution is -2.58. The molecule has 5 rings (SSSR count). The van der Waals surface area contributed by atoms with E-state index in [9.17, 15) is 4.79 Å². The predicted octanol–water partition coefficient (Wildman–Crippen LogP) is 5.46. The minimum absolute atomic E-state index is 0.0517. The molecule has 6 heteroatoms. The Labute approximate surface area is 218 Å². The monoisotopic (exact) mass is 503 g/mol. The highest BCUT2D eigenvalue weighted by molar-refractivity contribution is 7.80. The Balaban J connectivity index is 1.33. The van der Waals surface area contributed by atoms with Gasteiger partial charge in [0.2, 0.25) is 0 Å². The third kappa shape index (κ3) is 4.13. The van der Waals surface area contributed by atoms with Gasteiger partial charge in [0.05, 0.1) is 12.0 Å². The van der Waals surface area contributed by atoms with E-state index in [0.717, 1.165) is 37.2 Å². The van der Waals surface area contributed by atoms with Crippen LogP contribution in [0.2, 0.25) is 0 Å². The Morgan fingerprint density at radius 1 is 0.971 bits per heavy atom. The van der Waals surface area contributed by atoms with Crippen LogP contribution in [0.1, 0.15) is 111 Å². The molecule has 2 bridgehead atoms. The van der Waals surface area contributed by atoms with Crippen LogP contribution in [0.15, 0.2) is 0 Å². The summed E-state index contributed by atoms with van der Waals surface area (Å²) in [6.07, 6.45) is 15.5. The van der Waals surface area contributed by atoms with Crippen molar-refractivity contribution in [1.82, 2.24) is 10.6 Å². The second-order valence-electron chi connectivity index (χ2n) is 13.8. The maximum atomic E-state index is 13.2. The molecule has 0 amide bonds. The minimum atomic E-state index is -0.328. The van der Waals surface area contributed by atoms with Gasteiger partial charge in [0, 0.05) is 18.1 Å². The Kier molecular flexibility index (Phi) is 6.73. The van der Waals surface area contributed by atoms with Crippen LogP contribution in [0.25, 0.3) is 0 Å². The number of hydrogen-bond acceptors (Lipinski definition) is 4. The molecule has 0 heterocycles. The molecule has 0 radical (unpaired) electrons. The molecule has 5 aliphatic carbocycles. The first-order chi connectivity index (χ1) is 16.6. The van der Waals surface area contributed by atoms with E-state index in [1.807, 2.05) is 6.92 Å². The molecule has 5 aliphatic rings. The fourth-order valence-corrected chi connectivity index (χ4v) is 10.5. The minimum Gasteiger partial charge on any atom is -0.466 e. The highest BCUT2D eigenvalue weighted by Crippen LogP contribution is 2.73. The van der Waals surface area contributed by atoms with E-state index in [1.165, 1.54) is 51.4 Å². The summed E-state index contributed by atoms with van der Waals surface area (Å²) in [7, 11) is 0. The Morgan fingerprint density at radius 2 is 1.71 bits per heavy atom. The molecular formula is C29H49N3O2S. The normalized spacial score (nSPS) is 48.9. The molecule has 0 aromatic rings. The molecule has 1 spiro atoms. The van der Waals surface area contributed by atoms with Gasteiger partial charge in [-0.1, -0.05) is 33.1 Å². The van der Waals surface area contributed by atoms with Gasteiger partial charge >= 0.3 is 5.97 Å². The first-order valence-electron chi connectivity index (χ1n) is 14.6. The molecule has 0 aromatic heterocycles. The van der Waals surface area contributed by atoms with Crippen molar-refractivity contribution in [3.05, 3.63) is 0 Å². The summed E-state index contributed by atoms with van der Waals surface area (Å²) >= 11 is 5.85. The Morgan fingerprint density at radius 3 is 2.46 bits per heavy atom. The quantitative estimate of drug-likeness (QED) is 0.350. The van der Waals surface area contributed by atoms with Crippen molar-refractivity contribution in [3.63, 3.8) is 0 Å². The number of carbonyl (C=O) groups excluding carboxylic acids is 1. The third-order valence-corrected chi connectivity index (χ3v) is 12.1. The van der Waals surface area contributed by atoms with E-state index in [2.05, 4.69) is 31.4 Å². The number of thiocarbonyl (C=S) groups is 1. The second kappa shape index (κ2) is 9.15. The SMILES string of the molecule is CCOC(=O)C1(C)CCC[C@]2(C)C1CC[C@@]13C[C@@H](NC(=S)NC4CCCCC4N)[C@@](C)(CCC12)C3. The highest BCUT2D eigenvalue weighted by atomic mass is 32.1. The molecule has 0 aliphatic heterocycles. The summed E-state index contributed by atoms with van der Waals surface area (Å²) in [4.78, 5) is 13.2. The molecule has 4 N–H and O–H groups in total. The van der Waals surface area contributed by atoms with Crippen molar-refractivity contribution in [1.29, 1.82) is 0 Å². The zero-order valence-corrected chi connectivity index (χ0v) is 23.4. The maximum Gasteiger partial charge on any atom is 0.312 e. The summed E-state index contributed by atoms with van der Waals surface area (Å²) in [5.74, 6) is 1.18. The van der Waals surface area contributed by atoms with Gasteiger partial charge < -0.3 is 21.1 Å². The highest BCUT2D eigenvalue weighted by Gasteiger charge is 2.68. The number of nitrogens with one attached hydrogen (secondary N) is 2. The van der Waals surface area contributed by atoms with Crippen LogP contribution >= 0.6 is 12.2 Å². The van der Waals surface area contributed by atoms with Gasteiger partial charge in [-0.05, 0) is 118 Å². The smallest absolute Gasteiger partial charge is 0.312 e.